The van der Waals surface area contributed by atoms with Gasteiger partial charge in [-0.2, -0.15) is 0 Å². The van der Waals surface area contributed by atoms with Crippen molar-refractivity contribution in [3.63, 3.8) is 0 Å². The molecule has 1 aliphatic heterocycles. The maximum atomic E-state index is 11.9. The highest BCUT2D eigenvalue weighted by molar-refractivity contribution is 14.0. The van der Waals surface area contributed by atoms with E-state index < -0.39 is 0 Å². The molecule has 1 saturated heterocycles. The molecule has 1 fully saturated rings. The normalized spacial score (nSPS) is 17.3. The zero-order valence-corrected chi connectivity index (χ0v) is 18.6. The van der Waals surface area contributed by atoms with Crippen molar-refractivity contribution < 1.29 is 4.79 Å². The van der Waals surface area contributed by atoms with E-state index in [4.69, 9.17) is 5.73 Å². The Hall–Kier alpha value is -1.58. The van der Waals surface area contributed by atoms with Crippen molar-refractivity contribution in [2.75, 3.05) is 26.7 Å². The van der Waals surface area contributed by atoms with Gasteiger partial charge in [-0.05, 0) is 44.6 Å². The zero-order chi connectivity index (χ0) is 18.9. The first-order valence-corrected chi connectivity index (χ1v) is 9.41. The first-order valence-electron chi connectivity index (χ1n) is 9.41. The van der Waals surface area contributed by atoms with Crippen LogP contribution in [0, 0.1) is 12.8 Å². The highest BCUT2D eigenvalue weighted by Gasteiger charge is 2.23. The first kappa shape index (κ1) is 23.5. The van der Waals surface area contributed by atoms with E-state index in [9.17, 15) is 9.59 Å². The number of carbonyl (C=O) groups is 1. The summed E-state index contributed by atoms with van der Waals surface area (Å²) in [5.74, 6) is 0.964. The molecule has 0 spiro atoms. The van der Waals surface area contributed by atoms with Crippen LogP contribution in [0.15, 0.2) is 28.0 Å². The molecule has 27 heavy (non-hydrogen) atoms. The van der Waals surface area contributed by atoms with Gasteiger partial charge in [-0.15, -0.1) is 24.0 Å². The van der Waals surface area contributed by atoms with Crippen LogP contribution in [0.5, 0.6) is 0 Å². The Bertz CT molecular complexity index is 689. The molecule has 7 nitrogen and oxygen atoms in total. The van der Waals surface area contributed by atoms with Crippen molar-refractivity contribution in [3.05, 3.63) is 34.2 Å². The molecule has 0 saturated carbocycles. The average molecular weight is 489 g/mol. The third kappa shape index (κ3) is 7.51. The lowest BCUT2D eigenvalue weighted by Crippen LogP contribution is -2.47. The van der Waals surface area contributed by atoms with Crippen LogP contribution in [-0.4, -0.2) is 48.0 Å². The predicted molar refractivity (Wildman–Crippen MR) is 120 cm³/mol. The minimum atomic E-state index is -0.230. The second-order valence-corrected chi connectivity index (χ2v) is 6.96. The molecule has 2 heterocycles. The number of guanidine groups is 1. The standard InChI is InChI=1S/C19H31N5O2.HI/c1-15-7-5-9-18(26)24(15)12-4-3-10-22-19(21-2)23-11-6-8-16(14-23)13-17(20)25;/h5,7,9,16H,3-4,6,8,10-14H2,1-2H3,(H2,20,25)(H,21,22);1H. The first-order chi connectivity index (χ1) is 12.5. The van der Waals surface area contributed by atoms with Crippen molar-refractivity contribution in [3.8, 4) is 0 Å². The fourth-order valence-electron chi connectivity index (χ4n) is 3.55. The minimum absolute atomic E-state index is 0. The van der Waals surface area contributed by atoms with Crippen LogP contribution in [0.25, 0.3) is 0 Å². The maximum absolute atomic E-state index is 11.9. The number of aromatic nitrogens is 1. The Morgan fingerprint density at radius 2 is 2.15 bits per heavy atom. The number of nitrogens with one attached hydrogen (secondary N) is 1. The van der Waals surface area contributed by atoms with Gasteiger partial charge < -0.3 is 20.5 Å². The molecule has 8 heteroatoms. The maximum Gasteiger partial charge on any atom is 0.250 e. The largest absolute Gasteiger partial charge is 0.370 e. The second-order valence-electron chi connectivity index (χ2n) is 6.96. The summed E-state index contributed by atoms with van der Waals surface area (Å²) < 4.78 is 1.81. The molecule has 3 N–H and O–H groups in total. The predicted octanol–water partition coefficient (Wildman–Crippen LogP) is 1.72. The molecule has 0 aliphatic carbocycles. The number of hydrogen-bond donors (Lipinski definition) is 2. The number of unbranched alkanes of at least 4 members (excludes halogenated alkanes) is 1. The Morgan fingerprint density at radius 3 is 2.81 bits per heavy atom. The van der Waals surface area contributed by atoms with Crippen molar-refractivity contribution in [2.24, 2.45) is 16.6 Å². The van der Waals surface area contributed by atoms with Gasteiger partial charge in [0, 0.05) is 51.4 Å². The molecule has 1 aromatic rings. The fraction of sp³-hybridized carbons (Fsp3) is 0.632. The van der Waals surface area contributed by atoms with Crippen LogP contribution in [0.2, 0.25) is 0 Å². The van der Waals surface area contributed by atoms with E-state index in [0.29, 0.717) is 12.3 Å². The molecule has 0 aromatic carbocycles. The third-order valence-corrected chi connectivity index (χ3v) is 4.88. The molecular weight excluding hydrogens is 457 g/mol. The van der Waals surface area contributed by atoms with Crippen LogP contribution in [0.1, 0.15) is 37.8 Å². The van der Waals surface area contributed by atoms with E-state index in [1.165, 1.54) is 0 Å². The van der Waals surface area contributed by atoms with Crippen LogP contribution in [0.3, 0.4) is 0 Å². The van der Waals surface area contributed by atoms with E-state index in [1.54, 1.807) is 19.2 Å². The smallest absolute Gasteiger partial charge is 0.250 e. The number of rotatable bonds is 7. The van der Waals surface area contributed by atoms with E-state index in [1.807, 2.05) is 17.6 Å². The lowest BCUT2D eigenvalue weighted by Gasteiger charge is -2.34. The number of likely N-dealkylation sites (tertiary alicyclic amines) is 1. The molecule has 1 amide bonds. The molecule has 0 radical (unpaired) electrons. The lowest BCUT2D eigenvalue weighted by molar-refractivity contribution is -0.119. The van der Waals surface area contributed by atoms with Gasteiger partial charge in [-0.1, -0.05) is 6.07 Å². The number of halogens is 1. The molecule has 0 bridgehead atoms. The average Bonchev–Trinajstić information content (AvgIpc) is 2.60. The van der Waals surface area contributed by atoms with Gasteiger partial charge in [-0.25, -0.2) is 0 Å². The van der Waals surface area contributed by atoms with Crippen LogP contribution < -0.4 is 16.6 Å². The zero-order valence-electron chi connectivity index (χ0n) is 16.3. The second kappa shape index (κ2) is 12.0. The Balaban J connectivity index is 0.00000364. The highest BCUT2D eigenvalue weighted by atomic mass is 127. The molecule has 2 rings (SSSR count). The summed E-state index contributed by atoms with van der Waals surface area (Å²) in [6.45, 7) is 5.27. The van der Waals surface area contributed by atoms with Gasteiger partial charge in [0.05, 0.1) is 0 Å². The number of carbonyl (C=O) groups excluding carboxylic acids is 1. The number of pyridine rings is 1. The molecule has 1 aliphatic rings. The number of nitrogens with zero attached hydrogens (tertiary/aromatic N) is 3. The minimum Gasteiger partial charge on any atom is -0.370 e. The van der Waals surface area contributed by atoms with Gasteiger partial charge in [-0.3, -0.25) is 14.6 Å². The van der Waals surface area contributed by atoms with Crippen LogP contribution in [-0.2, 0) is 11.3 Å². The summed E-state index contributed by atoms with van der Waals surface area (Å²) in [5.41, 5.74) is 6.39. The molecular formula is C19H32IN5O2. The molecule has 1 unspecified atom stereocenters. The molecule has 1 aromatic heterocycles. The third-order valence-electron chi connectivity index (χ3n) is 4.88. The SMILES string of the molecule is CN=C(NCCCCn1c(C)cccc1=O)N1CCCC(CC(N)=O)C1.I. The van der Waals surface area contributed by atoms with E-state index in [0.717, 1.165) is 63.5 Å². The number of nitrogens with two attached hydrogens (primary N) is 1. The van der Waals surface area contributed by atoms with Gasteiger partial charge in [0.2, 0.25) is 5.91 Å². The number of primary amides is 1. The number of piperidine rings is 1. The Kier molecular flexibility index (Phi) is 10.4. The van der Waals surface area contributed by atoms with Gasteiger partial charge in [0.1, 0.15) is 0 Å². The topological polar surface area (TPSA) is 92.7 Å². The van der Waals surface area contributed by atoms with Crippen molar-refractivity contribution in [2.45, 2.75) is 45.6 Å². The number of aliphatic imine (C=N–C) groups is 1. The Morgan fingerprint density at radius 1 is 1.37 bits per heavy atom. The lowest BCUT2D eigenvalue weighted by atomic mass is 9.95. The van der Waals surface area contributed by atoms with Crippen molar-refractivity contribution in [1.29, 1.82) is 0 Å². The van der Waals surface area contributed by atoms with E-state index in [-0.39, 0.29) is 35.4 Å². The highest BCUT2D eigenvalue weighted by Crippen LogP contribution is 2.19. The fourth-order valence-corrected chi connectivity index (χ4v) is 3.55. The molecule has 1 atom stereocenters. The summed E-state index contributed by atoms with van der Waals surface area (Å²) in [4.78, 5) is 29.6. The summed E-state index contributed by atoms with van der Waals surface area (Å²) >= 11 is 0. The summed E-state index contributed by atoms with van der Waals surface area (Å²) in [5, 5.41) is 3.40. The van der Waals surface area contributed by atoms with Crippen molar-refractivity contribution in [1.82, 2.24) is 14.8 Å². The summed E-state index contributed by atoms with van der Waals surface area (Å²) in [6.07, 6.45) is 4.42. The summed E-state index contributed by atoms with van der Waals surface area (Å²) in [6, 6.07) is 5.36. The number of aryl methyl sites for hydroxylation is 1. The molecule has 152 valence electrons. The van der Waals surface area contributed by atoms with Crippen molar-refractivity contribution >= 4 is 35.8 Å². The number of hydrogen-bond acceptors (Lipinski definition) is 3. The van der Waals surface area contributed by atoms with Gasteiger partial charge in [0.15, 0.2) is 5.96 Å². The quantitative estimate of drug-likeness (QED) is 0.264. The van der Waals surface area contributed by atoms with Crippen LogP contribution >= 0.6 is 24.0 Å². The summed E-state index contributed by atoms with van der Waals surface area (Å²) in [7, 11) is 1.78. The van der Waals surface area contributed by atoms with Gasteiger partial charge in [0.25, 0.3) is 5.56 Å². The van der Waals surface area contributed by atoms with E-state index in [2.05, 4.69) is 15.2 Å². The van der Waals surface area contributed by atoms with Crippen LogP contribution in [0.4, 0.5) is 0 Å². The van der Waals surface area contributed by atoms with Gasteiger partial charge >= 0.3 is 0 Å². The number of amides is 1. The Labute approximate surface area is 178 Å². The monoisotopic (exact) mass is 489 g/mol. The van der Waals surface area contributed by atoms with E-state index >= 15 is 0 Å².